The highest BCUT2D eigenvalue weighted by Crippen LogP contribution is 2.24. The lowest BCUT2D eigenvalue weighted by Gasteiger charge is -1.97. The van der Waals surface area contributed by atoms with E-state index >= 15 is 0 Å². The molecule has 1 aromatic carbocycles. The molecule has 1 heterocycles. The van der Waals surface area contributed by atoms with E-state index in [1.54, 1.807) is 0 Å². The number of nitrogens with one attached hydrogen (secondary N) is 2. The highest BCUT2D eigenvalue weighted by Gasteiger charge is 2.00. The number of aliphatic imine (C=N–C) groups is 1. The molecule has 0 radical (unpaired) electrons. The molecular weight excluding hydrogens is 238 g/mol. The maximum absolute atomic E-state index is 11.3. The van der Waals surface area contributed by atoms with Gasteiger partial charge in [-0.2, -0.15) is 0 Å². The van der Waals surface area contributed by atoms with Gasteiger partial charge in [-0.15, -0.1) is 0 Å². The van der Waals surface area contributed by atoms with Crippen LogP contribution in [0.2, 0.25) is 0 Å². The third kappa shape index (κ3) is 2.46. The summed E-state index contributed by atoms with van der Waals surface area (Å²) in [5.74, 6) is -0.525. The van der Waals surface area contributed by atoms with Gasteiger partial charge in [0.15, 0.2) is 11.5 Å². The van der Waals surface area contributed by atoms with Gasteiger partial charge in [-0.05, 0) is 23.8 Å². The van der Waals surface area contributed by atoms with Crippen molar-refractivity contribution in [3.8, 4) is 11.5 Å². The lowest BCUT2D eigenvalue weighted by molar-refractivity contribution is 0.403. The first kappa shape index (κ1) is 11.6. The molecule has 0 amide bonds. The zero-order valence-electron chi connectivity index (χ0n) is 9.04. The maximum atomic E-state index is 11.3. The lowest BCUT2D eigenvalue weighted by Crippen LogP contribution is -2.20. The predicted octanol–water partition coefficient (Wildman–Crippen LogP) is 0.225. The second kappa shape index (κ2) is 4.58. The molecule has 0 aliphatic rings. The number of benzene rings is 1. The fourth-order valence-electron chi connectivity index (χ4n) is 1.26. The van der Waals surface area contributed by atoms with Crippen molar-refractivity contribution in [1.29, 1.82) is 0 Å². The number of aromatic hydroxyl groups is 2. The minimum absolute atomic E-state index is 0.0298. The zero-order chi connectivity index (χ0) is 13.1. The van der Waals surface area contributed by atoms with Crippen LogP contribution in [0.4, 0.5) is 5.69 Å². The molecule has 0 fully saturated rings. The molecule has 0 bridgehead atoms. The number of rotatable bonds is 2. The number of aromatic nitrogens is 2. The zero-order valence-corrected chi connectivity index (χ0v) is 9.04. The van der Waals surface area contributed by atoms with Gasteiger partial charge in [-0.25, -0.2) is 9.79 Å². The topological polar surface area (TPSA) is 119 Å². The van der Waals surface area contributed by atoms with Crippen molar-refractivity contribution in [1.82, 2.24) is 9.97 Å². The van der Waals surface area contributed by atoms with Gasteiger partial charge >= 0.3 is 5.69 Å². The molecule has 7 heteroatoms. The summed E-state index contributed by atoms with van der Waals surface area (Å²) in [5, 5.41) is 18.4. The average molecular weight is 247 g/mol. The Morgan fingerprint density at radius 3 is 2.61 bits per heavy atom. The highest BCUT2D eigenvalue weighted by molar-refractivity contribution is 5.82. The van der Waals surface area contributed by atoms with E-state index in [1.807, 2.05) is 4.98 Å². The molecule has 0 saturated carbocycles. The molecule has 4 N–H and O–H groups in total. The molecule has 0 aliphatic carbocycles. The van der Waals surface area contributed by atoms with Crippen LogP contribution in [0.25, 0.3) is 0 Å². The van der Waals surface area contributed by atoms with Gasteiger partial charge in [0, 0.05) is 12.4 Å². The standard InChI is InChI=1S/C11H9N3O4/c15-8-2-1-6(3-9(8)16)4-12-7-5-13-11(18)14-10(7)17/h1-5,15-16H,(H2,13,14,17,18). The number of aromatic amines is 2. The van der Waals surface area contributed by atoms with Crippen LogP contribution >= 0.6 is 0 Å². The van der Waals surface area contributed by atoms with E-state index in [0.29, 0.717) is 5.56 Å². The molecule has 2 rings (SSSR count). The van der Waals surface area contributed by atoms with Gasteiger partial charge in [-0.1, -0.05) is 0 Å². The van der Waals surface area contributed by atoms with E-state index in [-0.39, 0.29) is 17.2 Å². The van der Waals surface area contributed by atoms with Gasteiger partial charge in [0.2, 0.25) is 0 Å². The van der Waals surface area contributed by atoms with E-state index in [2.05, 4.69) is 9.98 Å². The fraction of sp³-hybridized carbons (Fsp3) is 0. The minimum atomic E-state index is -0.613. The van der Waals surface area contributed by atoms with Crippen LogP contribution in [-0.2, 0) is 0 Å². The van der Waals surface area contributed by atoms with Crippen LogP contribution in [0.1, 0.15) is 5.56 Å². The summed E-state index contributed by atoms with van der Waals surface area (Å²) in [7, 11) is 0. The minimum Gasteiger partial charge on any atom is -0.504 e. The van der Waals surface area contributed by atoms with Crippen molar-refractivity contribution in [2.24, 2.45) is 4.99 Å². The number of phenols is 2. The Labute approximate surface area is 100 Å². The molecule has 2 aromatic rings. The maximum Gasteiger partial charge on any atom is 0.325 e. The Morgan fingerprint density at radius 1 is 1.17 bits per heavy atom. The Morgan fingerprint density at radius 2 is 1.94 bits per heavy atom. The highest BCUT2D eigenvalue weighted by atomic mass is 16.3. The summed E-state index contributed by atoms with van der Waals surface area (Å²) >= 11 is 0. The van der Waals surface area contributed by atoms with Crippen molar-refractivity contribution in [3.63, 3.8) is 0 Å². The van der Waals surface area contributed by atoms with Crippen LogP contribution in [0.3, 0.4) is 0 Å². The Bertz CT molecular complexity index is 715. The Hall–Kier alpha value is -2.83. The largest absolute Gasteiger partial charge is 0.504 e. The second-order valence-electron chi connectivity index (χ2n) is 3.46. The summed E-state index contributed by atoms with van der Waals surface area (Å²) < 4.78 is 0. The summed E-state index contributed by atoms with van der Waals surface area (Å²) in [6.45, 7) is 0. The molecule has 0 spiro atoms. The SMILES string of the molecule is O=c1[nH]cc(N=Cc2ccc(O)c(O)c2)c(=O)[nH]1. The van der Waals surface area contributed by atoms with Crippen LogP contribution in [-0.4, -0.2) is 26.4 Å². The number of hydrogen-bond donors (Lipinski definition) is 4. The first-order valence-electron chi connectivity index (χ1n) is 4.94. The monoisotopic (exact) mass is 247 g/mol. The van der Waals surface area contributed by atoms with Gasteiger partial charge in [-0.3, -0.25) is 9.78 Å². The smallest absolute Gasteiger partial charge is 0.325 e. The van der Waals surface area contributed by atoms with E-state index in [1.165, 1.54) is 30.6 Å². The summed E-state index contributed by atoms with van der Waals surface area (Å²) in [6.07, 6.45) is 2.50. The van der Waals surface area contributed by atoms with Gasteiger partial charge in [0.1, 0.15) is 5.69 Å². The molecule has 1 aromatic heterocycles. The molecule has 0 unspecified atom stereocenters. The molecule has 0 atom stereocenters. The van der Waals surface area contributed by atoms with Crippen LogP contribution in [0, 0.1) is 0 Å². The quantitative estimate of drug-likeness (QED) is 0.448. The molecule has 18 heavy (non-hydrogen) atoms. The van der Waals surface area contributed by atoms with Gasteiger partial charge in [0.05, 0.1) is 0 Å². The van der Waals surface area contributed by atoms with Crippen LogP contribution < -0.4 is 11.2 Å². The van der Waals surface area contributed by atoms with E-state index < -0.39 is 11.2 Å². The van der Waals surface area contributed by atoms with Crippen molar-refractivity contribution >= 4 is 11.9 Å². The third-order valence-corrected chi connectivity index (χ3v) is 2.15. The van der Waals surface area contributed by atoms with Crippen molar-refractivity contribution < 1.29 is 10.2 Å². The van der Waals surface area contributed by atoms with E-state index in [4.69, 9.17) is 5.11 Å². The second-order valence-corrected chi connectivity index (χ2v) is 3.46. The van der Waals surface area contributed by atoms with E-state index in [9.17, 15) is 14.7 Å². The Kier molecular flexibility index (Phi) is 2.96. The lowest BCUT2D eigenvalue weighted by atomic mass is 10.2. The first-order valence-corrected chi connectivity index (χ1v) is 4.94. The van der Waals surface area contributed by atoms with Gasteiger partial charge < -0.3 is 15.2 Å². The molecule has 0 aliphatic heterocycles. The number of nitrogens with zero attached hydrogens (tertiary/aromatic N) is 1. The molecule has 7 nitrogen and oxygen atoms in total. The number of H-pyrrole nitrogens is 2. The van der Waals surface area contributed by atoms with Gasteiger partial charge in [0.25, 0.3) is 5.56 Å². The fourth-order valence-corrected chi connectivity index (χ4v) is 1.26. The average Bonchev–Trinajstić information content (AvgIpc) is 2.32. The van der Waals surface area contributed by atoms with Crippen molar-refractivity contribution in [2.75, 3.05) is 0 Å². The molecule has 0 saturated heterocycles. The van der Waals surface area contributed by atoms with Crippen molar-refractivity contribution in [3.05, 3.63) is 50.8 Å². The normalized spacial score (nSPS) is 10.9. The molecule has 92 valence electrons. The first-order chi connectivity index (χ1) is 8.56. The Balaban J connectivity index is 2.33. The van der Waals surface area contributed by atoms with Crippen LogP contribution in [0.5, 0.6) is 11.5 Å². The van der Waals surface area contributed by atoms with E-state index in [0.717, 1.165) is 0 Å². The molecular formula is C11H9N3O4. The van der Waals surface area contributed by atoms with Crippen LogP contribution in [0.15, 0.2) is 39.0 Å². The predicted molar refractivity (Wildman–Crippen MR) is 64.7 cm³/mol. The number of hydrogen-bond acceptors (Lipinski definition) is 5. The number of phenolic OH excluding ortho intramolecular Hbond substituents is 2. The summed E-state index contributed by atoms with van der Waals surface area (Å²) in [5.41, 5.74) is -0.697. The summed E-state index contributed by atoms with van der Waals surface area (Å²) in [6, 6.07) is 4.10. The summed E-state index contributed by atoms with van der Waals surface area (Å²) in [4.78, 5) is 30.2. The third-order valence-electron chi connectivity index (χ3n) is 2.15. The van der Waals surface area contributed by atoms with Crippen molar-refractivity contribution in [2.45, 2.75) is 0 Å².